The van der Waals surface area contributed by atoms with E-state index in [1.807, 2.05) is 38.1 Å². The smallest absolute Gasteiger partial charge is 0.276 e. The highest BCUT2D eigenvalue weighted by molar-refractivity contribution is 5.92. The van der Waals surface area contributed by atoms with Crippen molar-refractivity contribution < 1.29 is 4.79 Å². The van der Waals surface area contributed by atoms with Crippen LogP contribution in [0, 0.1) is 6.92 Å². The second kappa shape index (κ2) is 6.49. The van der Waals surface area contributed by atoms with Gasteiger partial charge in [0, 0.05) is 13.6 Å². The lowest BCUT2D eigenvalue weighted by molar-refractivity contribution is 0.0736. The molecule has 0 bridgehead atoms. The quantitative estimate of drug-likeness (QED) is 0.901. The van der Waals surface area contributed by atoms with Crippen molar-refractivity contribution in [1.82, 2.24) is 19.9 Å². The molecule has 0 fully saturated rings. The van der Waals surface area contributed by atoms with Crippen LogP contribution in [0.15, 0.2) is 30.5 Å². The molecule has 1 aromatic heterocycles. The molecule has 0 spiro atoms. The molecule has 1 aromatic carbocycles. The highest BCUT2D eigenvalue weighted by Gasteiger charge is 2.21. The van der Waals surface area contributed by atoms with Gasteiger partial charge in [-0.3, -0.25) is 9.48 Å². The summed E-state index contributed by atoms with van der Waals surface area (Å²) in [6.07, 6.45) is 1.63. The van der Waals surface area contributed by atoms with Crippen molar-refractivity contribution in [1.29, 1.82) is 0 Å². The minimum absolute atomic E-state index is 0.0299. The molecule has 0 saturated carbocycles. The zero-order valence-corrected chi connectivity index (χ0v) is 12.7. The average Bonchev–Trinajstić information content (AvgIpc) is 2.95. The molecular weight excluding hydrogens is 266 g/mol. The van der Waals surface area contributed by atoms with Crippen LogP contribution in [0.5, 0.6) is 0 Å². The molecule has 1 atom stereocenters. The molecule has 0 aliphatic rings. The molecule has 0 aliphatic heterocycles. The zero-order valence-electron chi connectivity index (χ0n) is 12.7. The van der Waals surface area contributed by atoms with E-state index in [0.29, 0.717) is 18.8 Å². The van der Waals surface area contributed by atoms with E-state index < -0.39 is 0 Å². The average molecular weight is 287 g/mol. The van der Waals surface area contributed by atoms with Crippen molar-refractivity contribution in [3.8, 4) is 0 Å². The topological polar surface area (TPSA) is 77.0 Å². The summed E-state index contributed by atoms with van der Waals surface area (Å²) in [5, 5.41) is 7.80. The van der Waals surface area contributed by atoms with Gasteiger partial charge >= 0.3 is 0 Å². The third-order valence-electron chi connectivity index (χ3n) is 3.58. The fourth-order valence-electron chi connectivity index (χ4n) is 2.06. The minimum atomic E-state index is -0.147. The lowest BCUT2D eigenvalue weighted by Crippen LogP contribution is -2.30. The lowest BCUT2D eigenvalue weighted by atomic mass is 10.1. The Morgan fingerprint density at radius 1 is 1.38 bits per heavy atom. The predicted molar refractivity (Wildman–Crippen MR) is 80.8 cm³/mol. The maximum absolute atomic E-state index is 12.4. The molecule has 0 saturated heterocycles. The van der Waals surface area contributed by atoms with Crippen LogP contribution < -0.4 is 5.73 Å². The largest absolute Gasteiger partial charge is 0.334 e. The van der Waals surface area contributed by atoms with Crippen LogP contribution in [-0.2, 0) is 6.54 Å². The molecule has 21 heavy (non-hydrogen) atoms. The molecule has 1 unspecified atom stereocenters. The summed E-state index contributed by atoms with van der Waals surface area (Å²) in [5.41, 5.74) is 8.08. The van der Waals surface area contributed by atoms with Crippen LogP contribution in [0.4, 0.5) is 0 Å². The molecule has 0 aliphatic carbocycles. The highest BCUT2D eigenvalue weighted by Crippen LogP contribution is 2.20. The first kappa shape index (κ1) is 15.2. The van der Waals surface area contributed by atoms with Gasteiger partial charge in [-0.1, -0.05) is 35.0 Å². The Morgan fingerprint density at radius 3 is 2.67 bits per heavy atom. The van der Waals surface area contributed by atoms with Gasteiger partial charge in [-0.2, -0.15) is 0 Å². The first-order valence-electron chi connectivity index (χ1n) is 6.97. The number of aromatic nitrogens is 3. The van der Waals surface area contributed by atoms with Crippen molar-refractivity contribution in [2.45, 2.75) is 26.4 Å². The maximum atomic E-state index is 12.4. The highest BCUT2D eigenvalue weighted by atomic mass is 16.2. The van der Waals surface area contributed by atoms with Gasteiger partial charge in [-0.15, -0.1) is 5.10 Å². The third-order valence-corrected chi connectivity index (χ3v) is 3.58. The number of nitrogens with two attached hydrogens (primary N) is 1. The van der Waals surface area contributed by atoms with Gasteiger partial charge < -0.3 is 10.6 Å². The van der Waals surface area contributed by atoms with Crippen LogP contribution >= 0.6 is 0 Å². The van der Waals surface area contributed by atoms with Gasteiger partial charge in [0.25, 0.3) is 5.91 Å². The van der Waals surface area contributed by atoms with Crippen molar-refractivity contribution in [3.05, 3.63) is 47.3 Å². The van der Waals surface area contributed by atoms with E-state index in [4.69, 9.17) is 5.73 Å². The molecule has 2 aromatic rings. The number of carbonyl (C=O) groups is 1. The SMILES string of the molecule is Cc1ccc(C(C)N(C)C(=O)c2cn(CCN)nn2)cc1. The summed E-state index contributed by atoms with van der Waals surface area (Å²) in [7, 11) is 1.77. The Morgan fingerprint density at radius 2 is 2.05 bits per heavy atom. The molecule has 112 valence electrons. The van der Waals surface area contributed by atoms with E-state index in [0.717, 1.165) is 5.56 Å². The van der Waals surface area contributed by atoms with Gasteiger partial charge in [-0.05, 0) is 19.4 Å². The van der Waals surface area contributed by atoms with Crippen molar-refractivity contribution in [2.24, 2.45) is 5.73 Å². The van der Waals surface area contributed by atoms with Crippen LogP contribution in [0.2, 0.25) is 0 Å². The Kier molecular flexibility index (Phi) is 4.70. The van der Waals surface area contributed by atoms with E-state index in [1.54, 1.807) is 22.8 Å². The number of amides is 1. The van der Waals surface area contributed by atoms with Gasteiger partial charge in [0.05, 0.1) is 18.8 Å². The number of aryl methyl sites for hydroxylation is 1. The second-order valence-electron chi connectivity index (χ2n) is 5.16. The van der Waals surface area contributed by atoms with Crippen LogP contribution in [0.3, 0.4) is 0 Å². The third kappa shape index (κ3) is 3.46. The van der Waals surface area contributed by atoms with E-state index in [-0.39, 0.29) is 11.9 Å². The van der Waals surface area contributed by atoms with Crippen LogP contribution in [-0.4, -0.2) is 39.4 Å². The minimum Gasteiger partial charge on any atom is -0.334 e. The van der Waals surface area contributed by atoms with E-state index in [9.17, 15) is 4.79 Å². The fraction of sp³-hybridized carbons (Fsp3) is 0.400. The summed E-state index contributed by atoms with van der Waals surface area (Å²) >= 11 is 0. The summed E-state index contributed by atoms with van der Waals surface area (Å²) < 4.78 is 1.58. The Bertz CT molecular complexity index is 605. The zero-order chi connectivity index (χ0) is 15.4. The summed E-state index contributed by atoms with van der Waals surface area (Å²) in [5.74, 6) is -0.147. The van der Waals surface area contributed by atoms with Crippen LogP contribution in [0.25, 0.3) is 0 Å². The van der Waals surface area contributed by atoms with Gasteiger partial charge in [0.1, 0.15) is 0 Å². The second-order valence-corrected chi connectivity index (χ2v) is 5.16. The first-order chi connectivity index (χ1) is 10.0. The molecule has 2 rings (SSSR count). The standard InChI is InChI=1S/C15H21N5O/c1-11-4-6-13(7-5-11)12(2)19(3)15(21)14-10-20(9-8-16)18-17-14/h4-7,10,12H,8-9,16H2,1-3H3. The summed E-state index contributed by atoms with van der Waals surface area (Å²) in [4.78, 5) is 14.1. The number of hydrogen-bond acceptors (Lipinski definition) is 4. The van der Waals surface area contributed by atoms with Crippen molar-refractivity contribution in [2.75, 3.05) is 13.6 Å². The Labute approximate surface area is 124 Å². The predicted octanol–water partition coefficient (Wildman–Crippen LogP) is 1.38. The first-order valence-corrected chi connectivity index (χ1v) is 6.97. The van der Waals surface area contributed by atoms with Crippen LogP contribution in [0.1, 0.15) is 34.6 Å². The van der Waals surface area contributed by atoms with E-state index in [1.165, 1.54) is 5.56 Å². The van der Waals surface area contributed by atoms with Gasteiger partial charge in [0.15, 0.2) is 5.69 Å². The lowest BCUT2D eigenvalue weighted by Gasteiger charge is -2.24. The molecular formula is C15H21N5O. The van der Waals surface area contributed by atoms with E-state index >= 15 is 0 Å². The Hall–Kier alpha value is -2.21. The van der Waals surface area contributed by atoms with Crippen molar-refractivity contribution in [3.63, 3.8) is 0 Å². The molecule has 0 radical (unpaired) electrons. The molecule has 1 heterocycles. The number of benzene rings is 1. The van der Waals surface area contributed by atoms with Gasteiger partial charge in [-0.25, -0.2) is 0 Å². The molecule has 1 amide bonds. The molecule has 6 heteroatoms. The number of hydrogen-bond donors (Lipinski definition) is 1. The number of rotatable bonds is 5. The van der Waals surface area contributed by atoms with Gasteiger partial charge in [0.2, 0.25) is 0 Å². The molecule has 2 N–H and O–H groups in total. The number of nitrogens with zero attached hydrogens (tertiary/aromatic N) is 4. The van der Waals surface area contributed by atoms with E-state index in [2.05, 4.69) is 10.3 Å². The summed E-state index contributed by atoms with van der Waals surface area (Å²) in [6, 6.07) is 8.13. The monoisotopic (exact) mass is 287 g/mol. The van der Waals surface area contributed by atoms with Crippen molar-refractivity contribution >= 4 is 5.91 Å². The Balaban J connectivity index is 2.12. The molecule has 6 nitrogen and oxygen atoms in total. The maximum Gasteiger partial charge on any atom is 0.276 e. The fourth-order valence-corrected chi connectivity index (χ4v) is 2.06. The number of carbonyl (C=O) groups excluding carboxylic acids is 1. The normalized spacial score (nSPS) is 12.2. The summed E-state index contributed by atoms with van der Waals surface area (Å²) in [6.45, 7) is 5.05.